The summed E-state index contributed by atoms with van der Waals surface area (Å²) in [5.41, 5.74) is -0.651. The Morgan fingerprint density at radius 1 is 1.14 bits per heavy atom. The third-order valence-corrected chi connectivity index (χ3v) is 4.20. The van der Waals surface area contributed by atoms with Gasteiger partial charge in [0.2, 0.25) is 5.91 Å². The summed E-state index contributed by atoms with van der Waals surface area (Å²) < 4.78 is 38.7. The highest BCUT2D eigenvalue weighted by molar-refractivity contribution is 9.10. The van der Waals surface area contributed by atoms with E-state index >= 15 is 0 Å². The largest absolute Gasteiger partial charge is 0.416 e. The molecule has 0 radical (unpaired) electrons. The lowest BCUT2D eigenvalue weighted by atomic mass is 10.2. The number of anilines is 1. The molecular formula is C15H11BrF3NOS. The number of rotatable bonds is 4. The van der Waals surface area contributed by atoms with Gasteiger partial charge in [0.25, 0.3) is 0 Å². The second-order valence-electron chi connectivity index (χ2n) is 4.37. The number of hydrogen-bond donors (Lipinski definition) is 1. The fraction of sp³-hybridized carbons (Fsp3) is 0.133. The minimum absolute atomic E-state index is 0.123. The van der Waals surface area contributed by atoms with E-state index in [0.29, 0.717) is 0 Å². The minimum Gasteiger partial charge on any atom is -0.325 e. The van der Waals surface area contributed by atoms with Gasteiger partial charge in [-0.3, -0.25) is 4.79 Å². The molecule has 0 fully saturated rings. The van der Waals surface area contributed by atoms with E-state index in [2.05, 4.69) is 21.2 Å². The molecule has 0 bridgehead atoms. The number of alkyl halides is 3. The zero-order chi connectivity index (χ0) is 16.2. The first kappa shape index (κ1) is 16.9. The molecule has 2 aromatic rings. The van der Waals surface area contributed by atoms with Crippen molar-refractivity contribution < 1.29 is 18.0 Å². The quantitative estimate of drug-likeness (QED) is 0.728. The Bertz CT molecular complexity index is 659. The van der Waals surface area contributed by atoms with Crippen LogP contribution < -0.4 is 5.32 Å². The molecule has 2 aromatic carbocycles. The third-order valence-electron chi connectivity index (χ3n) is 2.66. The van der Waals surface area contributed by atoms with Gasteiger partial charge in [-0.25, -0.2) is 0 Å². The third kappa shape index (κ3) is 5.06. The van der Waals surface area contributed by atoms with E-state index in [-0.39, 0.29) is 17.3 Å². The molecule has 0 aliphatic rings. The second kappa shape index (κ2) is 7.19. The number of benzene rings is 2. The Morgan fingerprint density at radius 2 is 1.82 bits per heavy atom. The molecule has 7 heteroatoms. The van der Waals surface area contributed by atoms with E-state index in [0.717, 1.165) is 21.5 Å². The van der Waals surface area contributed by atoms with Crippen molar-refractivity contribution in [2.45, 2.75) is 11.1 Å². The van der Waals surface area contributed by atoms with Crippen LogP contribution in [0.1, 0.15) is 5.56 Å². The van der Waals surface area contributed by atoms with Crippen LogP contribution in [0.2, 0.25) is 0 Å². The maximum Gasteiger partial charge on any atom is 0.416 e. The van der Waals surface area contributed by atoms with Gasteiger partial charge in [0.05, 0.1) is 11.3 Å². The van der Waals surface area contributed by atoms with E-state index in [1.807, 2.05) is 24.3 Å². The van der Waals surface area contributed by atoms with Gasteiger partial charge in [-0.1, -0.05) is 22.0 Å². The topological polar surface area (TPSA) is 29.1 Å². The van der Waals surface area contributed by atoms with Gasteiger partial charge < -0.3 is 5.32 Å². The molecule has 0 aliphatic heterocycles. The first-order valence-corrected chi connectivity index (χ1v) is 7.98. The predicted molar refractivity (Wildman–Crippen MR) is 84.9 cm³/mol. The lowest BCUT2D eigenvalue weighted by Crippen LogP contribution is -2.15. The monoisotopic (exact) mass is 389 g/mol. The first-order valence-electron chi connectivity index (χ1n) is 6.20. The van der Waals surface area contributed by atoms with Gasteiger partial charge in [0, 0.05) is 15.1 Å². The molecule has 1 N–H and O–H groups in total. The van der Waals surface area contributed by atoms with Gasteiger partial charge in [0.15, 0.2) is 0 Å². The summed E-state index contributed by atoms with van der Waals surface area (Å²) in [5, 5.41) is 2.47. The van der Waals surface area contributed by atoms with Crippen LogP contribution in [0.3, 0.4) is 0 Å². The Balaban J connectivity index is 1.93. The molecule has 116 valence electrons. The number of carbonyl (C=O) groups excluding carboxylic acids is 1. The van der Waals surface area contributed by atoms with Crippen LogP contribution >= 0.6 is 27.7 Å². The van der Waals surface area contributed by atoms with Crippen LogP contribution in [0.15, 0.2) is 57.9 Å². The predicted octanol–water partition coefficient (Wildman–Crippen LogP) is 5.20. The van der Waals surface area contributed by atoms with Gasteiger partial charge in [0.1, 0.15) is 0 Å². The summed E-state index contributed by atoms with van der Waals surface area (Å²) >= 11 is 4.62. The fourth-order valence-corrected chi connectivity index (χ4v) is 2.61. The number of thioether (sulfide) groups is 1. The van der Waals surface area contributed by atoms with Crippen molar-refractivity contribution in [3.05, 3.63) is 58.6 Å². The Hall–Kier alpha value is -1.47. The standard InChI is InChI=1S/C15H11BrF3NOS/c16-11-4-6-13(7-5-11)22-9-14(21)20-12-3-1-2-10(8-12)15(17,18)19/h1-8H,9H2,(H,20,21). The lowest BCUT2D eigenvalue weighted by Gasteiger charge is -2.09. The molecule has 0 heterocycles. The van der Waals surface area contributed by atoms with Crippen molar-refractivity contribution in [1.29, 1.82) is 0 Å². The smallest absolute Gasteiger partial charge is 0.325 e. The van der Waals surface area contributed by atoms with E-state index < -0.39 is 11.7 Å². The van der Waals surface area contributed by atoms with Crippen molar-refractivity contribution >= 4 is 39.3 Å². The summed E-state index contributed by atoms with van der Waals surface area (Å²) in [5.74, 6) is -0.232. The van der Waals surface area contributed by atoms with Crippen molar-refractivity contribution in [1.82, 2.24) is 0 Å². The molecule has 0 aromatic heterocycles. The number of hydrogen-bond acceptors (Lipinski definition) is 2. The number of carbonyl (C=O) groups is 1. The molecule has 0 spiro atoms. The number of halogens is 4. The average molecular weight is 390 g/mol. The van der Waals surface area contributed by atoms with E-state index in [4.69, 9.17) is 0 Å². The second-order valence-corrected chi connectivity index (χ2v) is 6.33. The van der Waals surface area contributed by atoms with Crippen LogP contribution in [0, 0.1) is 0 Å². The Labute approximate surface area is 138 Å². The molecule has 0 saturated carbocycles. The summed E-state index contributed by atoms with van der Waals surface area (Å²) in [7, 11) is 0. The van der Waals surface area contributed by atoms with Gasteiger partial charge in [-0.15, -0.1) is 11.8 Å². The molecule has 2 nitrogen and oxygen atoms in total. The van der Waals surface area contributed by atoms with Crippen LogP contribution in [-0.2, 0) is 11.0 Å². The Morgan fingerprint density at radius 3 is 2.45 bits per heavy atom. The van der Waals surface area contributed by atoms with Crippen LogP contribution in [-0.4, -0.2) is 11.7 Å². The molecule has 0 atom stereocenters. The maximum absolute atomic E-state index is 12.6. The van der Waals surface area contributed by atoms with E-state index in [1.165, 1.54) is 23.9 Å². The lowest BCUT2D eigenvalue weighted by molar-refractivity contribution is -0.137. The first-order chi connectivity index (χ1) is 10.3. The SMILES string of the molecule is O=C(CSc1ccc(Br)cc1)Nc1cccc(C(F)(F)F)c1. The normalized spacial score (nSPS) is 11.3. The van der Waals surface area contributed by atoms with Gasteiger partial charge in [-0.05, 0) is 42.5 Å². The van der Waals surface area contributed by atoms with Crippen molar-refractivity contribution in [2.75, 3.05) is 11.1 Å². The van der Waals surface area contributed by atoms with Gasteiger partial charge in [-0.2, -0.15) is 13.2 Å². The number of amides is 1. The summed E-state index contributed by atoms with van der Waals surface area (Å²) in [6, 6.07) is 12.0. The highest BCUT2D eigenvalue weighted by Crippen LogP contribution is 2.30. The molecule has 1 amide bonds. The van der Waals surface area contributed by atoms with Crippen LogP contribution in [0.25, 0.3) is 0 Å². The summed E-state index contributed by atoms with van der Waals surface area (Å²) in [4.78, 5) is 12.7. The zero-order valence-electron chi connectivity index (χ0n) is 11.2. The van der Waals surface area contributed by atoms with E-state index in [1.54, 1.807) is 0 Å². The summed E-state index contributed by atoms with van der Waals surface area (Å²) in [6.45, 7) is 0. The molecule has 22 heavy (non-hydrogen) atoms. The van der Waals surface area contributed by atoms with E-state index in [9.17, 15) is 18.0 Å². The van der Waals surface area contributed by atoms with Crippen LogP contribution in [0.4, 0.5) is 18.9 Å². The molecule has 0 aliphatic carbocycles. The van der Waals surface area contributed by atoms with Crippen molar-refractivity contribution in [3.63, 3.8) is 0 Å². The minimum atomic E-state index is -4.42. The van der Waals surface area contributed by atoms with Gasteiger partial charge >= 0.3 is 6.18 Å². The summed E-state index contributed by atoms with van der Waals surface area (Å²) in [6.07, 6.45) is -4.42. The molecular weight excluding hydrogens is 379 g/mol. The zero-order valence-corrected chi connectivity index (χ0v) is 13.6. The van der Waals surface area contributed by atoms with Crippen molar-refractivity contribution in [2.24, 2.45) is 0 Å². The highest BCUT2D eigenvalue weighted by Gasteiger charge is 2.30. The van der Waals surface area contributed by atoms with Crippen LogP contribution in [0.5, 0.6) is 0 Å². The van der Waals surface area contributed by atoms with Crippen molar-refractivity contribution in [3.8, 4) is 0 Å². The maximum atomic E-state index is 12.6. The average Bonchev–Trinajstić information content (AvgIpc) is 2.46. The fourth-order valence-electron chi connectivity index (χ4n) is 1.65. The number of nitrogens with one attached hydrogen (secondary N) is 1. The highest BCUT2D eigenvalue weighted by atomic mass is 79.9. The molecule has 2 rings (SSSR count). The molecule has 0 unspecified atom stereocenters. The molecule has 0 saturated heterocycles. The Kier molecular flexibility index (Phi) is 5.52.